The number of amides is 1. The predicted octanol–water partition coefficient (Wildman–Crippen LogP) is 4.17. The van der Waals surface area contributed by atoms with Crippen LogP contribution in [0.3, 0.4) is 0 Å². The third kappa shape index (κ3) is 4.81. The van der Waals surface area contributed by atoms with Gasteiger partial charge in [0.2, 0.25) is 0 Å². The van der Waals surface area contributed by atoms with Crippen molar-refractivity contribution in [3.05, 3.63) is 83.8 Å². The van der Waals surface area contributed by atoms with E-state index in [0.717, 1.165) is 11.6 Å². The van der Waals surface area contributed by atoms with Crippen molar-refractivity contribution in [2.75, 3.05) is 5.32 Å². The number of halogens is 3. The maximum Gasteiger partial charge on any atom is 0.418 e. The predicted molar refractivity (Wildman–Crippen MR) is 94.4 cm³/mol. The molecule has 27 heavy (non-hydrogen) atoms. The van der Waals surface area contributed by atoms with Crippen LogP contribution in [-0.2, 0) is 12.7 Å². The minimum atomic E-state index is -4.48. The average Bonchev–Trinajstić information content (AvgIpc) is 2.67. The molecule has 0 saturated heterocycles. The van der Waals surface area contributed by atoms with Crippen LogP contribution in [0.4, 0.5) is 24.7 Å². The molecule has 2 heterocycles. The fraction of sp³-hybridized carbons (Fsp3) is 0.105. The molecule has 1 aromatic carbocycles. The lowest BCUT2D eigenvalue weighted by atomic mass is 10.1. The van der Waals surface area contributed by atoms with Crippen LogP contribution in [0.2, 0.25) is 0 Å². The molecule has 0 unspecified atom stereocenters. The molecule has 138 valence electrons. The van der Waals surface area contributed by atoms with E-state index >= 15 is 0 Å². The van der Waals surface area contributed by atoms with Gasteiger partial charge in [0.1, 0.15) is 5.82 Å². The Hall–Kier alpha value is -3.42. The number of pyridine rings is 2. The largest absolute Gasteiger partial charge is 0.418 e. The maximum absolute atomic E-state index is 13.0. The van der Waals surface area contributed by atoms with Crippen molar-refractivity contribution < 1.29 is 18.0 Å². The number of rotatable bonds is 5. The molecule has 3 aromatic rings. The van der Waals surface area contributed by atoms with E-state index in [1.165, 1.54) is 36.5 Å². The Morgan fingerprint density at radius 1 is 1.00 bits per heavy atom. The van der Waals surface area contributed by atoms with Gasteiger partial charge < -0.3 is 10.6 Å². The summed E-state index contributed by atoms with van der Waals surface area (Å²) < 4.78 is 39.1. The number of hydrogen-bond donors (Lipinski definition) is 2. The normalized spacial score (nSPS) is 11.1. The second-order valence-corrected chi connectivity index (χ2v) is 5.64. The van der Waals surface area contributed by atoms with Crippen molar-refractivity contribution in [2.45, 2.75) is 12.7 Å². The molecular weight excluding hydrogens is 357 g/mol. The van der Waals surface area contributed by atoms with Crippen molar-refractivity contribution >= 4 is 17.4 Å². The van der Waals surface area contributed by atoms with Crippen molar-refractivity contribution in [1.29, 1.82) is 0 Å². The number of carbonyl (C=O) groups is 1. The third-order valence-corrected chi connectivity index (χ3v) is 3.70. The molecule has 0 aliphatic rings. The second kappa shape index (κ2) is 7.86. The molecule has 0 fully saturated rings. The van der Waals surface area contributed by atoms with Crippen molar-refractivity contribution in [1.82, 2.24) is 15.3 Å². The van der Waals surface area contributed by atoms with Gasteiger partial charge in [-0.25, -0.2) is 4.98 Å². The van der Waals surface area contributed by atoms with Gasteiger partial charge in [-0.05, 0) is 35.9 Å². The molecule has 1 amide bonds. The van der Waals surface area contributed by atoms with Gasteiger partial charge >= 0.3 is 6.18 Å². The van der Waals surface area contributed by atoms with E-state index in [-0.39, 0.29) is 17.4 Å². The molecule has 0 aliphatic carbocycles. The summed E-state index contributed by atoms with van der Waals surface area (Å²) in [5, 5.41) is 5.36. The molecule has 5 nitrogen and oxygen atoms in total. The number of aromatic nitrogens is 2. The fourth-order valence-electron chi connectivity index (χ4n) is 2.37. The number of benzene rings is 1. The van der Waals surface area contributed by atoms with Crippen LogP contribution in [0.15, 0.2) is 67.1 Å². The standard InChI is InChI=1S/C19H15F3N4O/c20-19(21,22)15-5-1-2-6-16(15)26-17-8-7-14(12-24-17)18(27)25-11-13-4-3-9-23-10-13/h1-10,12H,11H2,(H,24,26)(H,25,27). The lowest BCUT2D eigenvalue weighted by molar-refractivity contribution is -0.136. The Labute approximate surface area is 153 Å². The number of carbonyl (C=O) groups excluding carboxylic acids is 1. The number of para-hydroxylation sites is 1. The molecule has 8 heteroatoms. The Balaban J connectivity index is 1.66. The summed E-state index contributed by atoms with van der Waals surface area (Å²) in [4.78, 5) is 20.1. The van der Waals surface area contributed by atoms with Crippen LogP contribution in [0.5, 0.6) is 0 Å². The van der Waals surface area contributed by atoms with Crippen molar-refractivity contribution in [3.63, 3.8) is 0 Å². The van der Waals surface area contributed by atoms with Gasteiger partial charge in [-0.15, -0.1) is 0 Å². The molecule has 0 spiro atoms. The van der Waals surface area contributed by atoms with E-state index < -0.39 is 11.7 Å². The summed E-state index contributed by atoms with van der Waals surface area (Å²) in [7, 11) is 0. The first kappa shape index (κ1) is 18.4. The highest BCUT2D eigenvalue weighted by Gasteiger charge is 2.33. The molecule has 0 aliphatic heterocycles. The van der Waals surface area contributed by atoms with Crippen molar-refractivity contribution in [3.8, 4) is 0 Å². The summed E-state index contributed by atoms with van der Waals surface area (Å²) in [5.74, 6) is -0.135. The SMILES string of the molecule is O=C(NCc1cccnc1)c1ccc(Nc2ccccc2C(F)(F)F)nc1. The van der Waals surface area contributed by atoms with Crippen LogP contribution in [0, 0.1) is 0 Å². The van der Waals surface area contributed by atoms with Crippen LogP contribution in [0.1, 0.15) is 21.5 Å². The molecule has 3 rings (SSSR count). The topological polar surface area (TPSA) is 66.9 Å². The van der Waals surface area contributed by atoms with Crippen molar-refractivity contribution in [2.24, 2.45) is 0 Å². The number of nitrogens with one attached hydrogen (secondary N) is 2. The molecule has 0 atom stereocenters. The van der Waals surface area contributed by atoms with Crippen LogP contribution in [-0.4, -0.2) is 15.9 Å². The van der Waals surface area contributed by atoms with E-state index in [1.807, 2.05) is 6.07 Å². The van der Waals surface area contributed by atoms with E-state index in [4.69, 9.17) is 0 Å². The molecule has 2 aromatic heterocycles. The first-order chi connectivity index (χ1) is 12.9. The quantitative estimate of drug-likeness (QED) is 0.706. The summed E-state index contributed by atoms with van der Waals surface area (Å²) in [6.45, 7) is 0.311. The average molecular weight is 372 g/mol. The van der Waals surface area contributed by atoms with Gasteiger partial charge in [-0.3, -0.25) is 9.78 Å². The van der Waals surface area contributed by atoms with Crippen LogP contribution >= 0.6 is 0 Å². The number of nitrogens with zero attached hydrogens (tertiary/aromatic N) is 2. The number of hydrogen-bond acceptors (Lipinski definition) is 4. The maximum atomic E-state index is 13.0. The van der Waals surface area contributed by atoms with E-state index in [9.17, 15) is 18.0 Å². The zero-order valence-corrected chi connectivity index (χ0v) is 14.0. The Bertz CT molecular complexity index is 912. The van der Waals surface area contributed by atoms with Gasteiger partial charge in [0.05, 0.1) is 16.8 Å². The zero-order valence-electron chi connectivity index (χ0n) is 14.0. The monoisotopic (exact) mass is 372 g/mol. The first-order valence-corrected chi connectivity index (χ1v) is 8.00. The van der Waals surface area contributed by atoms with Gasteiger partial charge in [-0.2, -0.15) is 13.2 Å². The molecule has 2 N–H and O–H groups in total. The van der Waals surface area contributed by atoms with E-state index in [2.05, 4.69) is 20.6 Å². The molecule has 0 saturated carbocycles. The molecule has 0 radical (unpaired) electrons. The smallest absolute Gasteiger partial charge is 0.348 e. The lowest BCUT2D eigenvalue weighted by Gasteiger charge is -2.14. The highest BCUT2D eigenvalue weighted by molar-refractivity contribution is 5.94. The molecular formula is C19H15F3N4O. The van der Waals surface area contributed by atoms with Gasteiger partial charge in [0, 0.05) is 25.1 Å². The van der Waals surface area contributed by atoms with Gasteiger partial charge in [-0.1, -0.05) is 18.2 Å². The van der Waals surface area contributed by atoms with Gasteiger partial charge in [0.15, 0.2) is 0 Å². The van der Waals surface area contributed by atoms with E-state index in [1.54, 1.807) is 18.5 Å². The Morgan fingerprint density at radius 2 is 1.81 bits per heavy atom. The number of anilines is 2. The van der Waals surface area contributed by atoms with Crippen LogP contribution < -0.4 is 10.6 Å². The fourth-order valence-corrected chi connectivity index (χ4v) is 2.37. The van der Waals surface area contributed by atoms with E-state index in [0.29, 0.717) is 12.1 Å². The Kier molecular flexibility index (Phi) is 5.35. The second-order valence-electron chi connectivity index (χ2n) is 5.64. The minimum absolute atomic E-state index is 0.105. The van der Waals surface area contributed by atoms with Gasteiger partial charge in [0.25, 0.3) is 5.91 Å². The number of alkyl halides is 3. The summed E-state index contributed by atoms with van der Waals surface area (Å²) >= 11 is 0. The third-order valence-electron chi connectivity index (χ3n) is 3.70. The van der Waals surface area contributed by atoms with Crippen LogP contribution in [0.25, 0.3) is 0 Å². The lowest BCUT2D eigenvalue weighted by Crippen LogP contribution is -2.23. The highest BCUT2D eigenvalue weighted by atomic mass is 19.4. The zero-order chi connectivity index (χ0) is 19.3. The Morgan fingerprint density at radius 3 is 2.48 bits per heavy atom. The first-order valence-electron chi connectivity index (χ1n) is 8.00. The summed E-state index contributed by atoms with van der Waals surface area (Å²) in [5.41, 5.74) is 0.255. The summed E-state index contributed by atoms with van der Waals surface area (Å²) in [6, 6.07) is 11.7. The highest BCUT2D eigenvalue weighted by Crippen LogP contribution is 2.35. The summed E-state index contributed by atoms with van der Waals surface area (Å²) in [6.07, 6.45) is 0.106. The molecule has 0 bridgehead atoms. The minimum Gasteiger partial charge on any atom is -0.348 e.